The molecule has 6 rings (SSSR count). The average molecular weight is 498 g/mol. The fourth-order valence-electron chi connectivity index (χ4n) is 5.04. The molecule has 36 heavy (non-hydrogen) atoms. The lowest BCUT2D eigenvalue weighted by Crippen LogP contribution is -2.41. The zero-order valence-corrected chi connectivity index (χ0v) is 20.7. The first-order valence-electron chi connectivity index (χ1n) is 11.7. The Labute approximate surface area is 212 Å². The smallest absolute Gasteiger partial charge is 0.251 e. The number of nitrogens with zero attached hydrogens (tertiary/aromatic N) is 4. The number of hydrogen-bond acceptors (Lipinski definition) is 5. The molecule has 0 radical (unpaired) electrons. The molecule has 3 aromatic carbocycles. The predicted molar refractivity (Wildman–Crippen MR) is 140 cm³/mol. The number of halogens is 1. The Balaban J connectivity index is 1.75. The van der Waals surface area contributed by atoms with Crippen LogP contribution in [0.3, 0.4) is 0 Å². The lowest BCUT2D eigenvalue weighted by atomic mass is 9.81. The molecule has 1 aliphatic heterocycles. The summed E-state index contributed by atoms with van der Waals surface area (Å²) in [6.45, 7) is 0.436. The number of benzene rings is 3. The third-order valence-electron chi connectivity index (χ3n) is 7.04. The third kappa shape index (κ3) is 3.43. The summed E-state index contributed by atoms with van der Waals surface area (Å²) in [5.74, 6) is 1.12. The Bertz CT molecular complexity index is 1710. The molecule has 5 aromatic rings. The van der Waals surface area contributed by atoms with Crippen molar-refractivity contribution in [2.45, 2.75) is 12.0 Å². The largest absolute Gasteiger partial charge is 0.492 e. The summed E-state index contributed by atoms with van der Waals surface area (Å²) < 4.78 is 9.59. The van der Waals surface area contributed by atoms with Crippen molar-refractivity contribution < 1.29 is 4.74 Å². The minimum Gasteiger partial charge on any atom is -0.492 e. The van der Waals surface area contributed by atoms with E-state index in [0.717, 1.165) is 38.7 Å². The van der Waals surface area contributed by atoms with Gasteiger partial charge in [0.2, 0.25) is 0 Å². The van der Waals surface area contributed by atoms with Gasteiger partial charge in [0.25, 0.3) is 5.56 Å². The van der Waals surface area contributed by atoms with E-state index in [1.165, 1.54) is 0 Å². The van der Waals surface area contributed by atoms with E-state index in [1.807, 2.05) is 54.1 Å². The molecule has 1 unspecified atom stereocenters. The van der Waals surface area contributed by atoms with Gasteiger partial charge < -0.3 is 19.6 Å². The third-order valence-corrected chi connectivity index (χ3v) is 7.35. The highest BCUT2D eigenvalue weighted by Crippen LogP contribution is 2.39. The normalized spacial score (nSPS) is 17.1. The van der Waals surface area contributed by atoms with Crippen LogP contribution in [0.1, 0.15) is 22.5 Å². The number of fused-ring (bicyclic) bond motifs is 6. The van der Waals surface area contributed by atoms with Crippen molar-refractivity contribution in [3.8, 4) is 16.9 Å². The number of nitrogens with two attached hydrogens (primary N) is 1. The molecule has 2 N–H and O–H groups in total. The van der Waals surface area contributed by atoms with Gasteiger partial charge in [-0.3, -0.25) is 4.79 Å². The van der Waals surface area contributed by atoms with E-state index in [1.54, 1.807) is 30.1 Å². The highest BCUT2D eigenvalue weighted by Gasteiger charge is 2.37. The number of aromatic nitrogens is 4. The van der Waals surface area contributed by atoms with Gasteiger partial charge in [-0.1, -0.05) is 48.0 Å². The van der Waals surface area contributed by atoms with Crippen molar-refractivity contribution in [2.24, 2.45) is 19.8 Å². The molecule has 0 fully saturated rings. The van der Waals surface area contributed by atoms with Crippen LogP contribution >= 0.6 is 11.6 Å². The van der Waals surface area contributed by atoms with Crippen molar-refractivity contribution in [3.05, 3.63) is 111 Å². The van der Waals surface area contributed by atoms with Crippen LogP contribution in [0.25, 0.3) is 22.0 Å². The molecule has 0 spiro atoms. The molecule has 2 aromatic heterocycles. The fourth-order valence-corrected chi connectivity index (χ4v) is 5.21. The molecular weight excluding hydrogens is 474 g/mol. The van der Waals surface area contributed by atoms with Gasteiger partial charge in [0.1, 0.15) is 17.6 Å². The molecule has 0 aliphatic carbocycles. The van der Waals surface area contributed by atoms with Crippen LogP contribution in [0.15, 0.2) is 77.9 Å². The summed E-state index contributed by atoms with van der Waals surface area (Å²) in [6.07, 6.45) is 2.31. The second-order valence-electron chi connectivity index (χ2n) is 9.20. The van der Waals surface area contributed by atoms with E-state index in [2.05, 4.69) is 22.3 Å². The van der Waals surface area contributed by atoms with Gasteiger partial charge in [-0.2, -0.15) is 0 Å². The SMILES string of the molecule is Cn1cnnc1C1(N)c2ccc(Cl)c(c2)OCCc2cccc(c2)-c2cc(=O)n(C)c3ccc1cc23. The van der Waals surface area contributed by atoms with Crippen LogP contribution in [-0.2, 0) is 26.1 Å². The van der Waals surface area contributed by atoms with Crippen LogP contribution in [0.5, 0.6) is 5.75 Å². The van der Waals surface area contributed by atoms with Gasteiger partial charge in [-0.05, 0) is 52.1 Å². The van der Waals surface area contributed by atoms with E-state index in [-0.39, 0.29) is 5.56 Å². The van der Waals surface area contributed by atoms with Gasteiger partial charge in [-0.25, -0.2) is 0 Å². The molecule has 0 saturated carbocycles. The molecule has 8 heteroatoms. The number of pyridine rings is 1. The van der Waals surface area contributed by atoms with Gasteiger partial charge in [-0.15, -0.1) is 10.2 Å². The molecule has 6 bridgehead atoms. The Morgan fingerprint density at radius 1 is 1.03 bits per heavy atom. The topological polar surface area (TPSA) is 88.0 Å². The second-order valence-corrected chi connectivity index (χ2v) is 9.61. The summed E-state index contributed by atoms with van der Waals surface area (Å²) in [5, 5.41) is 9.94. The maximum absolute atomic E-state index is 12.9. The van der Waals surface area contributed by atoms with Gasteiger partial charge in [0.05, 0.1) is 17.1 Å². The molecule has 0 saturated heterocycles. The van der Waals surface area contributed by atoms with Crippen LogP contribution in [0.2, 0.25) is 5.02 Å². The first-order valence-corrected chi connectivity index (χ1v) is 12.0. The number of rotatable bonds is 1. The van der Waals surface area contributed by atoms with Crippen LogP contribution in [0, 0.1) is 0 Å². The quantitative estimate of drug-likeness (QED) is 0.375. The van der Waals surface area contributed by atoms with Crippen LogP contribution < -0.4 is 16.0 Å². The highest BCUT2D eigenvalue weighted by molar-refractivity contribution is 6.32. The van der Waals surface area contributed by atoms with E-state index < -0.39 is 5.54 Å². The number of aryl methyl sites for hydroxylation is 2. The standard InChI is InChI=1S/C28H24ClN5O2/c1-33-16-31-32-27(33)28(30)19-7-9-24-22(13-19)21(15-26(35)34(24)2)18-5-3-4-17(12-18)10-11-36-25-14-20(28)6-8-23(25)29/h3-9,12-16H,10-11,30H2,1-2H3. The number of ether oxygens (including phenoxy) is 1. The monoisotopic (exact) mass is 497 g/mol. The molecule has 1 aliphatic rings. The lowest BCUT2D eigenvalue weighted by Gasteiger charge is -2.31. The Morgan fingerprint density at radius 2 is 1.83 bits per heavy atom. The second kappa shape index (κ2) is 8.33. The van der Waals surface area contributed by atoms with E-state index >= 15 is 0 Å². The first kappa shape index (κ1) is 22.5. The molecule has 7 nitrogen and oxygen atoms in total. The van der Waals surface area contributed by atoms with Gasteiger partial charge in [0, 0.05) is 32.0 Å². The molecule has 180 valence electrons. The minimum absolute atomic E-state index is 0.0743. The zero-order valence-electron chi connectivity index (χ0n) is 19.9. The summed E-state index contributed by atoms with van der Waals surface area (Å²) in [5.41, 5.74) is 11.4. The van der Waals surface area contributed by atoms with Gasteiger partial charge >= 0.3 is 0 Å². The predicted octanol–water partition coefficient (Wildman–Crippen LogP) is 4.17. The van der Waals surface area contributed by atoms with E-state index in [4.69, 9.17) is 22.1 Å². The Hall–Kier alpha value is -3.94. The minimum atomic E-state index is -1.17. The summed E-state index contributed by atoms with van der Waals surface area (Å²) in [7, 11) is 3.65. The van der Waals surface area contributed by atoms with E-state index in [0.29, 0.717) is 29.6 Å². The van der Waals surface area contributed by atoms with Crippen molar-refractivity contribution >= 4 is 22.5 Å². The average Bonchev–Trinajstić information content (AvgIpc) is 3.32. The van der Waals surface area contributed by atoms with Crippen molar-refractivity contribution in [3.63, 3.8) is 0 Å². The fraction of sp³-hybridized carbons (Fsp3) is 0.179. The summed E-state index contributed by atoms with van der Waals surface area (Å²) in [4.78, 5) is 12.9. The zero-order chi connectivity index (χ0) is 25.0. The van der Waals surface area contributed by atoms with E-state index in [9.17, 15) is 4.79 Å². The lowest BCUT2D eigenvalue weighted by molar-refractivity contribution is 0.321. The van der Waals surface area contributed by atoms with Crippen molar-refractivity contribution in [1.29, 1.82) is 0 Å². The molecular formula is C28H24ClN5O2. The van der Waals surface area contributed by atoms with Gasteiger partial charge in [0.15, 0.2) is 5.82 Å². The van der Waals surface area contributed by atoms with Crippen molar-refractivity contribution in [1.82, 2.24) is 19.3 Å². The van der Waals surface area contributed by atoms with Crippen molar-refractivity contribution in [2.75, 3.05) is 6.61 Å². The highest BCUT2D eigenvalue weighted by atomic mass is 35.5. The first-order chi connectivity index (χ1) is 17.4. The molecule has 1 atom stereocenters. The Morgan fingerprint density at radius 3 is 2.64 bits per heavy atom. The van der Waals surface area contributed by atoms with Crippen LogP contribution in [-0.4, -0.2) is 25.9 Å². The maximum Gasteiger partial charge on any atom is 0.251 e. The Kier molecular flexibility index (Phi) is 5.21. The summed E-state index contributed by atoms with van der Waals surface area (Å²) in [6, 6.07) is 21.4. The molecule has 0 amide bonds. The summed E-state index contributed by atoms with van der Waals surface area (Å²) >= 11 is 6.52. The number of hydrogen-bond donors (Lipinski definition) is 1. The van der Waals surface area contributed by atoms with Crippen LogP contribution in [0.4, 0.5) is 0 Å². The molecule has 3 heterocycles. The maximum atomic E-state index is 12.9.